The molecule has 0 saturated carbocycles. The second-order valence-corrected chi connectivity index (χ2v) is 5.15. The zero-order chi connectivity index (χ0) is 14.0. The Labute approximate surface area is 112 Å². The average molecular weight is 264 g/mol. The molecular weight excluding hydrogens is 244 g/mol. The van der Waals surface area contributed by atoms with E-state index in [1.165, 1.54) is 0 Å². The number of carboxylic acids is 1. The van der Waals surface area contributed by atoms with E-state index >= 15 is 0 Å². The van der Waals surface area contributed by atoms with Gasteiger partial charge in [0.25, 0.3) is 0 Å². The molecule has 1 aromatic rings. The van der Waals surface area contributed by atoms with Crippen molar-refractivity contribution in [2.45, 2.75) is 39.0 Å². The second kappa shape index (κ2) is 5.59. The summed E-state index contributed by atoms with van der Waals surface area (Å²) < 4.78 is 5.57. The molecule has 1 fully saturated rings. The molecule has 19 heavy (non-hydrogen) atoms. The minimum absolute atomic E-state index is 0.103. The summed E-state index contributed by atoms with van der Waals surface area (Å²) in [5.74, 6) is -0.473. The first kappa shape index (κ1) is 13.8. The van der Waals surface area contributed by atoms with Crippen LogP contribution in [0.2, 0.25) is 0 Å². The largest absolute Gasteiger partial charge is 0.491 e. The number of carbonyl (C=O) groups is 1. The molecule has 2 rings (SSSR count). The Morgan fingerprint density at radius 1 is 1.26 bits per heavy atom. The number of hydrogen-bond donors (Lipinski definition) is 3. The lowest BCUT2D eigenvalue weighted by Gasteiger charge is -2.17. The maximum absolute atomic E-state index is 11.3. The van der Waals surface area contributed by atoms with E-state index in [1.807, 2.05) is 45.0 Å². The van der Waals surface area contributed by atoms with Crippen molar-refractivity contribution in [2.24, 2.45) is 5.92 Å². The van der Waals surface area contributed by atoms with Crippen LogP contribution in [0.5, 0.6) is 5.75 Å². The van der Waals surface area contributed by atoms with Gasteiger partial charge in [0.15, 0.2) is 0 Å². The Bertz CT molecular complexity index is 445. The van der Waals surface area contributed by atoms with Gasteiger partial charge in [-0.25, -0.2) is 5.43 Å². The highest BCUT2D eigenvalue weighted by molar-refractivity contribution is 5.72. The predicted octanol–water partition coefficient (Wildman–Crippen LogP) is 1.71. The highest BCUT2D eigenvalue weighted by Crippen LogP contribution is 2.30. The summed E-state index contributed by atoms with van der Waals surface area (Å²) in [6.45, 7) is 5.80. The summed E-state index contributed by atoms with van der Waals surface area (Å²) in [4.78, 5) is 11.3. The molecule has 0 amide bonds. The van der Waals surface area contributed by atoms with E-state index < -0.39 is 11.9 Å². The fourth-order valence-electron chi connectivity index (χ4n) is 2.36. The maximum Gasteiger partial charge on any atom is 0.310 e. The number of aliphatic carboxylic acids is 1. The summed E-state index contributed by atoms with van der Waals surface area (Å²) in [5, 5.41) is 9.28. The van der Waals surface area contributed by atoms with Crippen LogP contribution in [-0.2, 0) is 4.79 Å². The van der Waals surface area contributed by atoms with Crippen LogP contribution >= 0.6 is 0 Å². The molecule has 3 unspecified atom stereocenters. The smallest absolute Gasteiger partial charge is 0.310 e. The second-order valence-electron chi connectivity index (χ2n) is 5.15. The number of hydrogen-bond acceptors (Lipinski definition) is 4. The van der Waals surface area contributed by atoms with Crippen LogP contribution in [0.3, 0.4) is 0 Å². The minimum atomic E-state index is -0.794. The van der Waals surface area contributed by atoms with E-state index in [4.69, 9.17) is 4.74 Å². The SMILES string of the molecule is CC(C)Oc1ccc(C2NNC(C)C2C(=O)O)cc1. The van der Waals surface area contributed by atoms with E-state index in [-0.39, 0.29) is 18.2 Å². The highest BCUT2D eigenvalue weighted by Gasteiger charge is 2.39. The summed E-state index contributed by atoms with van der Waals surface area (Å²) >= 11 is 0. The monoisotopic (exact) mass is 264 g/mol. The summed E-state index contributed by atoms with van der Waals surface area (Å²) in [6, 6.07) is 7.24. The van der Waals surface area contributed by atoms with Gasteiger partial charge in [-0.3, -0.25) is 10.2 Å². The molecule has 0 aromatic heterocycles. The van der Waals surface area contributed by atoms with Crippen LogP contribution in [0.1, 0.15) is 32.4 Å². The van der Waals surface area contributed by atoms with Gasteiger partial charge in [-0.05, 0) is 38.5 Å². The van der Waals surface area contributed by atoms with E-state index in [9.17, 15) is 9.90 Å². The molecule has 5 heteroatoms. The van der Waals surface area contributed by atoms with Gasteiger partial charge >= 0.3 is 5.97 Å². The molecule has 1 aliphatic heterocycles. The molecule has 1 heterocycles. The molecule has 0 bridgehead atoms. The van der Waals surface area contributed by atoms with Crippen LogP contribution < -0.4 is 15.6 Å². The normalized spacial score (nSPS) is 26.6. The van der Waals surface area contributed by atoms with Crippen LogP contribution in [-0.4, -0.2) is 23.2 Å². The summed E-state index contributed by atoms with van der Waals surface area (Å²) in [6.07, 6.45) is 0.129. The minimum Gasteiger partial charge on any atom is -0.491 e. The Hall–Kier alpha value is -1.59. The molecule has 0 spiro atoms. The van der Waals surface area contributed by atoms with Crippen molar-refractivity contribution >= 4 is 5.97 Å². The number of ether oxygens (including phenoxy) is 1. The summed E-state index contributed by atoms with van der Waals surface area (Å²) in [7, 11) is 0. The lowest BCUT2D eigenvalue weighted by atomic mass is 9.90. The molecule has 3 atom stereocenters. The van der Waals surface area contributed by atoms with Crippen molar-refractivity contribution in [3.8, 4) is 5.75 Å². The van der Waals surface area contributed by atoms with E-state index in [0.29, 0.717) is 0 Å². The van der Waals surface area contributed by atoms with Gasteiger partial charge in [0.2, 0.25) is 0 Å². The van der Waals surface area contributed by atoms with Gasteiger partial charge in [0.1, 0.15) is 5.75 Å². The molecule has 0 radical (unpaired) electrons. The molecular formula is C14H20N2O3. The topological polar surface area (TPSA) is 70.6 Å². The third kappa shape index (κ3) is 3.05. The van der Waals surface area contributed by atoms with Gasteiger partial charge in [-0.2, -0.15) is 0 Å². The van der Waals surface area contributed by atoms with E-state index in [1.54, 1.807) is 0 Å². The zero-order valence-corrected chi connectivity index (χ0v) is 11.4. The number of rotatable bonds is 4. The molecule has 104 valence electrons. The Balaban J connectivity index is 2.15. The van der Waals surface area contributed by atoms with Crippen molar-refractivity contribution in [3.05, 3.63) is 29.8 Å². The third-order valence-corrected chi connectivity index (χ3v) is 3.26. The fourth-order valence-corrected chi connectivity index (χ4v) is 2.36. The first-order valence-corrected chi connectivity index (χ1v) is 6.49. The highest BCUT2D eigenvalue weighted by atomic mass is 16.5. The lowest BCUT2D eigenvalue weighted by molar-refractivity contribution is -0.142. The molecule has 1 aromatic carbocycles. The molecule has 1 aliphatic rings. The number of hydrazine groups is 1. The standard InChI is InChI=1S/C14H20N2O3/c1-8(2)19-11-6-4-10(5-7-11)13-12(14(17)18)9(3)15-16-13/h4-9,12-13,15-16H,1-3H3,(H,17,18). The zero-order valence-electron chi connectivity index (χ0n) is 11.4. The van der Waals surface area contributed by atoms with Gasteiger partial charge in [0.05, 0.1) is 18.1 Å². The number of nitrogens with one attached hydrogen (secondary N) is 2. The van der Waals surface area contributed by atoms with Gasteiger partial charge in [-0.1, -0.05) is 12.1 Å². The van der Waals surface area contributed by atoms with E-state index in [2.05, 4.69) is 10.9 Å². The Morgan fingerprint density at radius 3 is 2.42 bits per heavy atom. The first-order valence-electron chi connectivity index (χ1n) is 6.49. The van der Waals surface area contributed by atoms with Gasteiger partial charge < -0.3 is 9.84 Å². The maximum atomic E-state index is 11.3. The van der Waals surface area contributed by atoms with E-state index in [0.717, 1.165) is 11.3 Å². The molecule has 1 saturated heterocycles. The molecule has 5 nitrogen and oxygen atoms in total. The van der Waals surface area contributed by atoms with Crippen LogP contribution in [0, 0.1) is 5.92 Å². The number of carboxylic acid groups (broad SMARTS) is 1. The number of benzene rings is 1. The molecule has 0 aliphatic carbocycles. The first-order chi connectivity index (χ1) is 8.99. The van der Waals surface area contributed by atoms with Crippen molar-refractivity contribution in [1.82, 2.24) is 10.9 Å². The van der Waals surface area contributed by atoms with Crippen LogP contribution in [0.15, 0.2) is 24.3 Å². The van der Waals surface area contributed by atoms with Crippen molar-refractivity contribution in [2.75, 3.05) is 0 Å². The van der Waals surface area contributed by atoms with Gasteiger partial charge in [0, 0.05) is 6.04 Å². The van der Waals surface area contributed by atoms with Crippen molar-refractivity contribution in [1.29, 1.82) is 0 Å². The summed E-state index contributed by atoms with van der Waals surface area (Å²) in [5.41, 5.74) is 6.97. The van der Waals surface area contributed by atoms with Crippen molar-refractivity contribution < 1.29 is 14.6 Å². The average Bonchev–Trinajstić information content (AvgIpc) is 2.71. The molecule has 3 N–H and O–H groups in total. The van der Waals surface area contributed by atoms with Crippen LogP contribution in [0.25, 0.3) is 0 Å². The fraction of sp³-hybridized carbons (Fsp3) is 0.500. The van der Waals surface area contributed by atoms with Crippen molar-refractivity contribution in [3.63, 3.8) is 0 Å². The quantitative estimate of drug-likeness (QED) is 0.772. The predicted molar refractivity (Wildman–Crippen MR) is 71.8 cm³/mol. The third-order valence-electron chi connectivity index (χ3n) is 3.26. The Morgan fingerprint density at radius 2 is 1.89 bits per heavy atom. The Kier molecular flexibility index (Phi) is 4.07. The lowest BCUT2D eigenvalue weighted by Crippen LogP contribution is -2.30. The van der Waals surface area contributed by atoms with Crippen LogP contribution in [0.4, 0.5) is 0 Å². The van der Waals surface area contributed by atoms with Gasteiger partial charge in [-0.15, -0.1) is 0 Å².